The summed E-state index contributed by atoms with van der Waals surface area (Å²) in [5, 5.41) is 27.1. The Bertz CT molecular complexity index is 203. The third-order valence-electron chi connectivity index (χ3n) is 1.60. The number of ether oxygens (including phenoxy) is 2. The maximum atomic E-state index is 11.4. The van der Waals surface area contributed by atoms with E-state index in [1.54, 1.807) is 0 Å². The van der Waals surface area contributed by atoms with Gasteiger partial charge in [-0.25, -0.2) is 0 Å². The van der Waals surface area contributed by atoms with Crippen LogP contribution in [0.4, 0.5) is 0 Å². The van der Waals surface area contributed by atoms with Crippen LogP contribution in [0.1, 0.15) is 2.74 Å². The minimum atomic E-state index is -1.66. The van der Waals surface area contributed by atoms with Gasteiger partial charge in [-0.1, -0.05) is 0 Å². The average molecular weight is 210 g/mol. The van der Waals surface area contributed by atoms with Crippen molar-refractivity contribution in [3.8, 4) is 0 Å². The molecule has 0 radical (unpaired) electrons. The van der Waals surface area contributed by atoms with E-state index >= 15 is 0 Å². The molecule has 6 nitrogen and oxygen atoms in total. The van der Waals surface area contributed by atoms with Crippen LogP contribution in [0.2, 0.25) is 0 Å². The van der Waals surface area contributed by atoms with Crippen LogP contribution < -0.4 is 0 Å². The van der Waals surface area contributed by atoms with E-state index in [0.717, 1.165) is 0 Å². The van der Waals surface area contributed by atoms with Gasteiger partial charge in [-0.2, -0.15) is 0 Å². The Morgan fingerprint density at radius 1 is 1.50 bits per heavy atom. The van der Waals surface area contributed by atoms with Gasteiger partial charge < -0.3 is 24.8 Å². The van der Waals surface area contributed by atoms with Gasteiger partial charge in [0.25, 0.3) is 0 Å². The van der Waals surface area contributed by atoms with Gasteiger partial charge in [-0.05, 0) is 0 Å². The number of hydrogen-bond donors (Lipinski definition) is 3. The van der Waals surface area contributed by atoms with Gasteiger partial charge >= 0.3 is 0 Å². The number of methoxy groups -OCH3 is 2. The molecule has 14 heavy (non-hydrogen) atoms. The first kappa shape index (κ1) is 10.0. The molecule has 3 N–H and O–H groups in total. The standard InChI is InChI=1S/C8H16O6/c1-13-4-6(11)8(14-2)7(12)5(10)3-9/h5-6,8-11H,3-4H2,1-2H3/t5-,6-,8-/m0/s1/i1D,2D. The van der Waals surface area contributed by atoms with Crippen molar-refractivity contribution in [1.29, 1.82) is 0 Å². The molecule has 0 fully saturated rings. The quantitative estimate of drug-likeness (QED) is 0.447. The summed E-state index contributed by atoms with van der Waals surface area (Å²) in [6.07, 6.45) is -4.49. The van der Waals surface area contributed by atoms with E-state index < -0.39 is 37.8 Å². The highest BCUT2D eigenvalue weighted by Gasteiger charge is 2.30. The number of Topliss-reactive ketones (excluding diaryl/α,β-unsaturated/α-hetero) is 1. The second-order valence-corrected chi connectivity index (χ2v) is 2.63. The lowest BCUT2D eigenvalue weighted by Gasteiger charge is -2.21. The second kappa shape index (κ2) is 6.86. The predicted molar refractivity (Wildman–Crippen MR) is 46.8 cm³/mol. The topological polar surface area (TPSA) is 96.2 Å². The van der Waals surface area contributed by atoms with Crippen LogP contribution in [0.3, 0.4) is 0 Å². The molecule has 0 saturated carbocycles. The molecule has 0 rings (SSSR count). The molecule has 0 amide bonds. The molecular weight excluding hydrogens is 192 g/mol. The zero-order valence-electron chi connectivity index (χ0n) is 9.63. The van der Waals surface area contributed by atoms with E-state index in [1.165, 1.54) is 0 Å². The van der Waals surface area contributed by atoms with Gasteiger partial charge in [0.15, 0.2) is 5.78 Å². The molecule has 0 unspecified atom stereocenters. The molecule has 0 aromatic rings. The summed E-state index contributed by atoms with van der Waals surface area (Å²) in [4.78, 5) is 11.4. The number of carbonyl (C=O) groups is 1. The number of ketones is 1. The lowest BCUT2D eigenvalue weighted by Crippen LogP contribution is -2.44. The molecule has 0 aliphatic heterocycles. The average Bonchev–Trinajstić information content (AvgIpc) is 2.30. The van der Waals surface area contributed by atoms with E-state index in [-0.39, 0.29) is 13.7 Å². The number of rotatable bonds is 7. The molecule has 0 spiro atoms. The lowest BCUT2D eigenvalue weighted by molar-refractivity contribution is -0.148. The van der Waals surface area contributed by atoms with Crippen molar-refractivity contribution in [2.24, 2.45) is 0 Å². The summed E-state index contributed by atoms with van der Waals surface area (Å²) in [5.74, 6) is -0.921. The normalized spacial score (nSPS) is 19.4. The highest BCUT2D eigenvalue weighted by atomic mass is 16.5. The van der Waals surface area contributed by atoms with E-state index in [2.05, 4.69) is 9.47 Å². The van der Waals surface area contributed by atoms with Crippen molar-refractivity contribution < 1.29 is 32.3 Å². The van der Waals surface area contributed by atoms with E-state index in [1.807, 2.05) is 0 Å². The SMILES string of the molecule is [2H]COC[C@H](O)[C@H](OC[2H])C(=O)[C@@H](O)CO. The fourth-order valence-electron chi connectivity index (χ4n) is 0.871. The van der Waals surface area contributed by atoms with Gasteiger partial charge in [0.2, 0.25) is 0 Å². The van der Waals surface area contributed by atoms with E-state index in [0.29, 0.717) is 0 Å². The van der Waals surface area contributed by atoms with Gasteiger partial charge in [0.1, 0.15) is 18.3 Å². The van der Waals surface area contributed by atoms with E-state index in [9.17, 15) is 9.90 Å². The van der Waals surface area contributed by atoms with Crippen LogP contribution in [-0.2, 0) is 14.3 Å². The van der Waals surface area contributed by atoms with Gasteiger partial charge in [-0.3, -0.25) is 4.79 Å². The molecule has 84 valence electrons. The summed E-state index contributed by atoms with van der Waals surface area (Å²) < 4.78 is 22.7. The zero-order chi connectivity index (χ0) is 12.6. The Hall–Kier alpha value is -0.530. The summed E-state index contributed by atoms with van der Waals surface area (Å²) >= 11 is 0. The largest absolute Gasteiger partial charge is 0.393 e. The molecule has 0 saturated heterocycles. The van der Waals surface area contributed by atoms with Crippen molar-refractivity contribution in [3.05, 3.63) is 0 Å². The fraction of sp³-hybridized carbons (Fsp3) is 0.875. The van der Waals surface area contributed by atoms with Gasteiger partial charge in [0.05, 0.1) is 16.0 Å². The Kier molecular flexibility index (Phi) is 4.90. The highest BCUT2D eigenvalue weighted by Crippen LogP contribution is 2.04. The Morgan fingerprint density at radius 3 is 2.71 bits per heavy atom. The summed E-state index contributed by atoms with van der Waals surface area (Å²) in [7, 11) is -0.964. The first-order valence-corrected chi connectivity index (χ1v) is 3.87. The van der Waals surface area contributed by atoms with Crippen LogP contribution in [0.5, 0.6) is 0 Å². The Labute approximate surface area is 84.9 Å². The summed E-state index contributed by atoms with van der Waals surface area (Å²) in [5.41, 5.74) is 0. The number of hydrogen-bond acceptors (Lipinski definition) is 6. The summed E-state index contributed by atoms with van der Waals surface area (Å²) in [6, 6.07) is 0. The van der Waals surface area contributed by atoms with Gasteiger partial charge in [-0.15, -0.1) is 0 Å². The van der Waals surface area contributed by atoms with Crippen LogP contribution in [0.25, 0.3) is 0 Å². The van der Waals surface area contributed by atoms with E-state index in [4.69, 9.17) is 13.0 Å². The van der Waals surface area contributed by atoms with Crippen LogP contribution in [0, 0.1) is 0 Å². The maximum Gasteiger partial charge on any atom is 0.194 e. The first-order valence-electron chi connectivity index (χ1n) is 5.28. The van der Waals surface area contributed by atoms with Crippen molar-refractivity contribution >= 4 is 5.78 Å². The van der Waals surface area contributed by atoms with Crippen molar-refractivity contribution in [2.45, 2.75) is 18.3 Å². The molecule has 6 heteroatoms. The third kappa shape index (κ3) is 3.69. The fourth-order valence-corrected chi connectivity index (χ4v) is 0.871. The maximum absolute atomic E-state index is 11.4. The number of aliphatic hydroxyl groups is 3. The minimum Gasteiger partial charge on any atom is -0.393 e. The van der Waals surface area contributed by atoms with Crippen LogP contribution in [0.15, 0.2) is 0 Å². The number of carbonyl (C=O) groups excluding carboxylic acids is 1. The highest BCUT2D eigenvalue weighted by molar-refractivity contribution is 5.87. The third-order valence-corrected chi connectivity index (χ3v) is 1.60. The molecule has 3 atom stereocenters. The molecule has 0 heterocycles. The molecular formula is C8H16O6. The Balaban J connectivity index is 4.39. The molecule has 0 aliphatic rings. The zero-order valence-corrected chi connectivity index (χ0v) is 7.63. The second-order valence-electron chi connectivity index (χ2n) is 2.63. The predicted octanol–water partition coefficient (Wildman–Crippen LogP) is -2.07. The van der Waals surface area contributed by atoms with Crippen molar-refractivity contribution in [1.82, 2.24) is 0 Å². The minimum absolute atomic E-state index is 0.321. The first-order chi connectivity index (χ1) is 7.58. The Morgan fingerprint density at radius 2 is 2.21 bits per heavy atom. The van der Waals surface area contributed by atoms with Gasteiger partial charge in [0, 0.05) is 14.2 Å². The van der Waals surface area contributed by atoms with Crippen LogP contribution >= 0.6 is 0 Å². The molecule has 0 bridgehead atoms. The lowest BCUT2D eigenvalue weighted by atomic mass is 10.1. The summed E-state index contributed by atoms with van der Waals surface area (Å²) in [6.45, 7) is -1.11. The number of aliphatic hydroxyl groups excluding tert-OH is 3. The van der Waals surface area contributed by atoms with Crippen molar-refractivity contribution in [2.75, 3.05) is 27.4 Å². The molecule has 0 aromatic carbocycles. The smallest absolute Gasteiger partial charge is 0.194 e. The van der Waals surface area contributed by atoms with Crippen LogP contribution in [-0.4, -0.2) is 66.8 Å². The molecule has 0 aliphatic carbocycles. The monoisotopic (exact) mass is 210 g/mol. The molecule has 0 aromatic heterocycles. The van der Waals surface area contributed by atoms with Crippen molar-refractivity contribution in [3.63, 3.8) is 0 Å².